The average Bonchev–Trinajstić information content (AvgIpc) is 2.45. The van der Waals surface area contributed by atoms with Gasteiger partial charge in [0.05, 0.1) is 6.26 Å². The zero-order chi connectivity index (χ0) is 16.8. The monoisotopic (exact) mass is 335 g/mol. The number of nitrogens with zero attached hydrogens (tertiary/aromatic N) is 1. The second-order valence-corrected chi connectivity index (χ2v) is 7.91. The Morgan fingerprint density at radius 3 is 2.09 bits per heavy atom. The van der Waals surface area contributed by atoms with E-state index in [4.69, 9.17) is 4.55 Å². The van der Waals surface area contributed by atoms with Gasteiger partial charge < -0.3 is 4.90 Å². The number of piperidine rings is 1. The maximum Gasteiger partial charge on any atom is 0.261 e. The maximum atomic E-state index is 9.19. The van der Waals surface area contributed by atoms with Crippen LogP contribution in [0.3, 0.4) is 0 Å². The molecule has 22 heavy (non-hydrogen) atoms. The Hall–Kier alpha value is -0.130. The van der Waals surface area contributed by atoms with Crippen LogP contribution in [0.2, 0.25) is 0 Å². The Morgan fingerprint density at radius 2 is 1.55 bits per heavy atom. The van der Waals surface area contributed by atoms with Crippen molar-refractivity contribution in [3.05, 3.63) is 0 Å². The molecule has 1 heterocycles. The fourth-order valence-electron chi connectivity index (χ4n) is 3.09. The Kier molecular flexibility index (Phi) is 13.2. The molecular formula is C17H37NO3S. The van der Waals surface area contributed by atoms with Crippen molar-refractivity contribution < 1.29 is 13.0 Å². The summed E-state index contributed by atoms with van der Waals surface area (Å²) in [6.45, 7) is 7.38. The highest BCUT2D eigenvalue weighted by molar-refractivity contribution is 7.85. The van der Waals surface area contributed by atoms with E-state index in [0.717, 1.165) is 6.04 Å². The van der Waals surface area contributed by atoms with Gasteiger partial charge in [-0.15, -0.1) is 0 Å². The van der Waals surface area contributed by atoms with Gasteiger partial charge in [-0.1, -0.05) is 58.8 Å². The SMILES string of the molecule is CCCCCCCCCN1CCCCC1CC.CS(=O)(=O)O. The van der Waals surface area contributed by atoms with Gasteiger partial charge in [0, 0.05) is 6.04 Å². The van der Waals surface area contributed by atoms with Crippen LogP contribution in [-0.4, -0.2) is 43.3 Å². The minimum atomic E-state index is -3.67. The van der Waals surface area contributed by atoms with Crippen molar-refractivity contribution in [3.63, 3.8) is 0 Å². The van der Waals surface area contributed by atoms with Crippen molar-refractivity contribution >= 4 is 10.1 Å². The van der Waals surface area contributed by atoms with Gasteiger partial charge in [-0.25, -0.2) is 0 Å². The lowest BCUT2D eigenvalue weighted by molar-refractivity contribution is 0.141. The normalized spacial score (nSPS) is 19.5. The molecule has 1 aliphatic heterocycles. The summed E-state index contributed by atoms with van der Waals surface area (Å²) in [4.78, 5) is 2.76. The van der Waals surface area contributed by atoms with E-state index in [1.807, 2.05) is 0 Å². The molecule has 0 radical (unpaired) electrons. The molecule has 0 spiro atoms. The van der Waals surface area contributed by atoms with Gasteiger partial charge in [-0.05, 0) is 38.8 Å². The lowest BCUT2D eigenvalue weighted by Crippen LogP contribution is -2.39. The molecule has 4 nitrogen and oxygen atoms in total. The molecule has 0 aromatic carbocycles. The largest absolute Gasteiger partial charge is 0.300 e. The van der Waals surface area contributed by atoms with E-state index in [9.17, 15) is 8.42 Å². The lowest BCUT2D eigenvalue weighted by atomic mass is 9.99. The highest BCUT2D eigenvalue weighted by atomic mass is 32.2. The summed E-state index contributed by atoms with van der Waals surface area (Å²) >= 11 is 0. The molecule has 1 unspecified atom stereocenters. The molecule has 0 aromatic rings. The second kappa shape index (κ2) is 13.3. The summed E-state index contributed by atoms with van der Waals surface area (Å²) in [6, 6.07) is 0.906. The van der Waals surface area contributed by atoms with Crippen LogP contribution < -0.4 is 0 Å². The van der Waals surface area contributed by atoms with E-state index in [1.165, 1.54) is 83.7 Å². The minimum absolute atomic E-state index is 0.715. The first-order valence-electron chi connectivity index (χ1n) is 9.05. The van der Waals surface area contributed by atoms with Crippen molar-refractivity contribution in [1.82, 2.24) is 4.90 Å². The van der Waals surface area contributed by atoms with Gasteiger partial charge in [-0.2, -0.15) is 8.42 Å². The molecule has 0 bridgehead atoms. The Labute approximate surface area is 138 Å². The van der Waals surface area contributed by atoms with Crippen LogP contribution in [0.25, 0.3) is 0 Å². The van der Waals surface area contributed by atoms with E-state index in [0.29, 0.717) is 6.26 Å². The molecule has 1 saturated heterocycles. The second-order valence-electron chi connectivity index (χ2n) is 6.45. The molecular weight excluding hydrogens is 298 g/mol. The first-order valence-corrected chi connectivity index (χ1v) is 10.9. The van der Waals surface area contributed by atoms with Crippen molar-refractivity contribution in [2.45, 2.75) is 90.5 Å². The van der Waals surface area contributed by atoms with Gasteiger partial charge in [0.15, 0.2) is 0 Å². The number of unbranched alkanes of at least 4 members (excludes halogenated alkanes) is 6. The van der Waals surface area contributed by atoms with Crippen LogP contribution >= 0.6 is 0 Å². The summed E-state index contributed by atoms with van der Waals surface area (Å²) < 4.78 is 25.9. The van der Waals surface area contributed by atoms with Crippen LogP contribution in [0.15, 0.2) is 0 Å². The van der Waals surface area contributed by atoms with Crippen molar-refractivity contribution in [2.75, 3.05) is 19.3 Å². The highest BCUT2D eigenvalue weighted by Crippen LogP contribution is 2.20. The predicted molar refractivity (Wildman–Crippen MR) is 95.0 cm³/mol. The van der Waals surface area contributed by atoms with Gasteiger partial charge in [-0.3, -0.25) is 4.55 Å². The Balaban J connectivity index is 0.000000763. The Morgan fingerprint density at radius 1 is 1.00 bits per heavy atom. The lowest BCUT2D eigenvalue weighted by Gasteiger charge is -2.35. The molecule has 134 valence electrons. The van der Waals surface area contributed by atoms with Crippen LogP contribution in [0.4, 0.5) is 0 Å². The third-order valence-electron chi connectivity index (χ3n) is 4.27. The summed E-state index contributed by atoms with van der Waals surface area (Å²) in [6.07, 6.45) is 16.5. The molecule has 0 amide bonds. The third-order valence-corrected chi connectivity index (χ3v) is 4.27. The minimum Gasteiger partial charge on any atom is -0.300 e. The van der Waals surface area contributed by atoms with Crippen LogP contribution in [0, 0.1) is 0 Å². The summed E-state index contributed by atoms with van der Waals surface area (Å²) in [7, 11) is -3.67. The van der Waals surface area contributed by atoms with E-state index in [-0.39, 0.29) is 0 Å². The Bertz CT molecular complexity index is 336. The summed E-state index contributed by atoms with van der Waals surface area (Å²) in [5.41, 5.74) is 0. The molecule has 1 aliphatic rings. The molecule has 5 heteroatoms. The van der Waals surface area contributed by atoms with Gasteiger partial charge in [0.1, 0.15) is 0 Å². The van der Waals surface area contributed by atoms with E-state index < -0.39 is 10.1 Å². The van der Waals surface area contributed by atoms with E-state index >= 15 is 0 Å². The fraction of sp³-hybridized carbons (Fsp3) is 1.00. The zero-order valence-corrected chi connectivity index (χ0v) is 15.7. The highest BCUT2D eigenvalue weighted by Gasteiger charge is 2.19. The predicted octanol–water partition coefficient (Wildman–Crippen LogP) is 4.51. The van der Waals surface area contributed by atoms with Crippen molar-refractivity contribution in [1.29, 1.82) is 0 Å². The molecule has 0 saturated carbocycles. The summed E-state index contributed by atoms with van der Waals surface area (Å²) in [5, 5.41) is 0. The molecule has 1 fully saturated rings. The van der Waals surface area contributed by atoms with Crippen molar-refractivity contribution in [2.24, 2.45) is 0 Å². The van der Waals surface area contributed by atoms with Crippen LogP contribution in [0.5, 0.6) is 0 Å². The number of hydrogen-bond donors (Lipinski definition) is 1. The molecule has 0 aliphatic carbocycles. The molecule has 1 atom stereocenters. The standard InChI is InChI=1S/C16H33N.CH4O3S/c1-3-5-6-7-8-9-11-14-17-15-12-10-13-16(17)4-2;1-5(2,3)4/h16H,3-15H2,1-2H3;1H3,(H,2,3,4). The summed E-state index contributed by atoms with van der Waals surface area (Å²) in [5.74, 6) is 0. The number of hydrogen-bond acceptors (Lipinski definition) is 3. The number of likely N-dealkylation sites (tertiary alicyclic amines) is 1. The quantitative estimate of drug-likeness (QED) is 0.497. The zero-order valence-electron chi connectivity index (χ0n) is 14.9. The average molecular weight is 336 g/mol. The first-order chi connectivity index (χ1) is 10.4. The van der Waals surface area contributed by atoms with Crippen LogP contribution in [-0.2, 0) is 10.1 Å². The van der Waals surface area contributed by atoms with Gasteiger partial charge >= 0.3 is 0 Å². The van der Waals surface area contributed by atoms with E-state index in [1.54, 1.807) is 0 Å². The maximum absolute atomic E-state index is 9.19. The third kappa shape index (κ3) is 14.8. The smallest absolute Gasteiger partial charge is 0.261 e. The number of rotatable bonds is 9. The van der Waals surface area contributed by atoms with Crippen molar-refractivity contribution in [3.8, 4) is 0 Å². The fourth-order valence-corrected chi connectivity index (χ4v) is 3.09. The molecule has 1 N–H and O–H groups in total. The van der Waals surface area contributed by atoms with Gasteiger partial charge in [0.2, 0.25) is 0 Å². The first kappa shape index (κ1) is 21.9. The molecule has 1 rings (SSSR count). The van der Waals surface area contributed by atoms with Crippen LogP contribution in [0.1, 0.15) is 84.5 Å². The van der Waals surface area contributed by atoms with E-state index in [2.05, 4.69) is 18.7 Å². The topological polar surface area (TPSA) is 57.6 Å². The van der Waals surface area contributed by atoms with Gasteiger partial charge in [0.25, 0.3) is 10.1 Å². The molecule has 0 aromatic heterocycles.